The van der Waals surface area contributed by atoms with E-state index in [1.54, 1.807) is 25.5 Å². The molecule has 46 heavy (non-hydrogen) atoms. The number of halogens is 1. The molecule has 16 heteroatoms. The second-order valence-electron chi connectivity index (χ2n) is 11.3. The van der Waals surface area contributed by atoms with E-state index in [0.717, 1.165) is 61.7 Å². The van der Waals surface area contributed by atoms with E-state index in [9.17, 15) is 22.9 Å². The summed E-state index contributed by atoms with van der Waals surface area (Å²) >= 11 is 1.41. The van der Waals surface area contributed by atoms with Crippen molar-refractivity contribution < 1.29 is 22.5 Å². The van der Waals surface area contributed by atoms with E-state index in [0.29, 0.717) is 11.6 Å². The van der Waals surface area contributed by atoms with E-state index < -0.39 is 37.5 Å². The van der Waals surface area contributed by atoms with Gasteiger partial charge in [0, 0.05) is 67.6 Å². The number of sulfone groups is 1. The standard InChI is InChI=1S/C30H37FN8O5S2/c1-21-18-27(34-33-21)38-29(37-16-14-36(15-17-37)13-12-35(2)3)26(44-4)19-32-30(38)45-23-8-10-24(11-9-23)46(42,43)20-22-6-5-7-25(28(22)31)39(40)41/h5-11,18-19,30H,12-17,20H2,1-4H3,(H,33,34). The predicted molar refractivity (Wildman–Crippen MR) is 175 cm³/mol. The maximum atomic E-state index is 14.6. The van der Waals surface area contributed by atoms with Gasteiger partial charge in [-0.3, -0.25) is 30.0 Å². The van der Waals surface area contributed by atoms with Crippen LogP contribution in [0.25, 0.3) is 0 Å². The van der Waals surface area contributed by atoms with Crippen molar-refractivity contribution in [2.75, 3.05) is 65.4 Å². The highest BCUT2D eigenvalue weighted by Gasteiger charge is 2.35. The Labute approximate surface area is 271 Å². The predicted octanol–water partition coefficient (Wildman–Crippen LogP) is 3.70. The Bertz CT molecular complexity index is 1720. The Kier molecular flexibility index (Phi) is 10.3. The number of H-pyrrole nitrogens is 1. The van der Waals surface area contributed by atoms with Crippen LogP contribution in [0.3, 0.4) is 0 Å². The molecule has 1 aromatic heterocycles. The number of aryl methyl sites for hydroxylation is 1. The number of rotatable bonds is 12. The molecule has 1 atom stereocenters. The van der Waals surface area contributed by atoms with Crippen molar-refractivity contribution in [2.24, 2.45) is 4.99 Å². The van der Waals surface area contributed by atoms with Gasteiger partial charge in [0.15, 0.2) is 32.7 Å². The Morgan fingerprint density at radius 1 is 1.15 bits per heavy atom. The number of likely N-dealkylation sites (N-methyl/N-ethyl adjacent to an activating group) is 1. The first-order chi connectivity index (χ1) is 22.0. The first-order valence-corrected chi connectivity index (χ1v) is 17.2. The summed E-state index contributed by atoms with van der Waals surface area (Å²) in [6, 6.07) is 11.7. The number of nitrogens with zero attached hydrogens (tertiary/aromatic N) is 7. The molecule has 13 nitrogen and oxygen atoms in total. The van der Waals surface area contributed by atoms with E-state index in [-0.39, 0.29) is 10.5 Å². The lowest BCUT2D eigenvalue weighted by molar-refractivity contribution is -0.387. The number of methoxy groups -OCH3 is 1. The third kappa shape index (κ3) is 7.52. The number of aliphatic imine (C=N–C) groups is 1. The molecule has 2 aliphatic heterocycles. The molecular formula is C30H37FN8O5S2. The number of anilines is 1. The number of allylic oxidation sites excluding steroid dienone is 1. The molecule has 0 spiro atoms. The Balaban J connectivity index is 1.36. The SMILES string of the molecule is COC1=C(N2CCN(CCN(C)C)CC2)N(c2cc(C)[nH]n2)C(Sc2ccc(S(=O)(=O)Cc3cccc([N+](=O)[O-])c3F)cc2)N=C1. The monoisotopic (exact) mass is 672 g/mol. The largest absolute Gasteiger partial charge is 0.491 e. The second kappa shape index (κ2) is 14.2. The molecule has 1 N–H and O–H groups in total. The van der Waals surface area contributed by atoms with Crippen molar-refractivity contribution >= 4 is 39.3 Å². The summed E-state index contributed by atoms with van der Waals surface area (Å²) in [4.78, 5) is 24.7. The zero-order chi connectivity index (χ0) is 33.0. The number of nitrogens with one attached hydrogen (secondary N) is 1. The number of aromatic nitrogens is 2. The van der Waals surface area contributed by atoms with Crippen LogP contribution in [0.15, 0.2) is 74.9 Å². The Hall–Kier alpha value is -3.99. The molecule has 1 saturated heterocycles. The zero-order valence-corrected chi connectivity index (χ0v) is 27.7. The van der Waals surface area contributed by atoms with Crippen LogP contribution in [-0.4, -0.2) is 110 Å². The molecule has 0 saturated carbocycles. The molecule has 0 aliphatic carbocycles. The molecule has 2 aromatic carbocycles. The van der Waals surface area contributed by atoms with Gasteiger partial charge >= 0.3 is 5.69 Å². The van der Waals surface area contributed by atoms with Crippen molar-refractivity contribution in [3.05, 3.63) is 87.3 Å². The molecule has 1 fully saturated rings. The number of thioether (sulfide) groups is 1. The van der Waals surface area contributed by atoms with Crippen molar-refractivity contribution in [1.82, 2.24) is 24.9 Å². The number of nitro benzene ring substituents is 1. The van der Waals surface area contributed by atoms with Gasteiger partial charge in [0.2, 0.25) is 5.82 Å². The number of hydrogen-bond donors (Lipinski definition) is 1. The van der Waals surface area contributed by atoms with Gasteiger partial charge in [0.1, 0.15) is 0 Å². The van der Waals surface area contributed by atoms with Crippen LogP contribution in [0.2, 0.25) is 0 Å². The van der Waals surface area contributed by atoms with E-state index in [1.807, 2.05) is 17.9 Å². The fraction of sp³-hybridized carbons (Fsp3) is 0.400. The van der Waals surface area contributed by atoms with Crippen molar-refractivity contribution in [3.8, 4) is 0 Å². The zero-order valence-electron chi connectivity index (χ0n) is 26.1. The van der Waals surface area contributed by atoms with Gasteiger partial charge in [-0.1, -0.05) is 23.9 Å². The van der Waals surface area contributed by atoms with Gasteiger partial charge in [-0.15, -0.1) is 0 Å². The summed E-state index contributed by atoms with van der Waals surface area (Å²) in [7, 11) is 1.77. The third-order valence-corrected chi connectivity index (χ3v) is 10.5. The molecule has 0 bridgehead atoms. The van der Waals surface area contributed by atoms with Gasteiger partial charge in [0.05, 0.1) is 28.9 Å². The number of benzene rings is 2. The first kappa shape index (κ1) is 33.4. The Morgan fingerprint density at radius 3 is 2.48 bits per heavy atom. The average molecular weight is 673 g/mol. The van der Waals surface area contributed by atoms with Gasteiger partial charge in [-0.05, 0) is 45.3 Å². The quantitative estimate of drug-likeness (QED) is 0.223. The van der Waals surface area contributed by atoms with Crippen LogP contribution in [0.4, 0.5) is 15.9 Å². The normalized spacial score (nSPS) is 17.7. The fourth-order valence-electron chi connectivity index (χ4n) is 5.24. The molecule has 3 heterocycles. The van der Waals surface area contributed by atoms with Gasteiger partial charge in [0.25, 0.3) is 0 Å². The van der Waals surface area contributed by atoms with Crippen LogP contribution in [0.1, 0.15) is 11.3 Å². The summed E-state index contributed by atoms with van der Waals surface area (Å²) in [6.45, 7) is 7.28. The summed E-state index contributed by atoms with van der Waals surface area (Å²) in [5.74, 6) is 0.287. The second-order valence-corrected chi connectivity index (χ2v) is 14.4. The van der Waals surface area contributed by atoms with Crippen molar-refractivity contribution in [3.63, 3.8) is 0 Å². The van der Waals surface area contributed by atoms with Gasteiger partial charge in [-0.2, -0.15) is 9.49 Å². The van der Waals surface area contributed by atoms with Crippen molar-refractivity contribution in [2.45, 2.75) is 28.0 Å². The molecule has 1 unspecified atom stereocenters. The van der Waals surface area contributed by atoms with Crippen LogP contribution in [0.5, 0.6) is 0 Å². The highest BCUT2D eigenvalue weighted by molar-refractivity contribution is 8.00. The van der Waals surface area contributed by atoms with E-state index >= 15 is 0 Å². The molecular weight excluding hydrogens is 636 g/mol. The molecule has 246 valence electrons. The summed E-state index contributed by atoms with van der Waals surface area (Å²) in [5.41, 5.74) is -0.624. The number of aromatic amines is 1. The fourth-order valence-corrected chi connectivity index (χ4v) is 7.56. The molecule has 0 amide bonds. The lowest BCUT2D eigenvalue weighted by atomic mass is 10.2. The minimum atomic E-state index is -3.99. The maximum absolute atomic E-state index is 14.6. The first-order valence-electron chi connectivity index (χ1n) is 14.6. The average Bonchev–Trinajstić information content (AvgIpc) is 3.46. The van der Waals surface area contributed by atoms with E-state index in [1.165, 1.54) is 36.0 Å². The van der Waals surface area contributed by atoms with Crippen LogP contribution >= 0.6 is 11.8 Å². The topological polar surface area (TPSA) is 141 Å². The van der Waals surface area contributed by atoms with Crippen LogP contribution < -0.4 is 4.90 Å². The lowest BCUT2D eigenvalue weighted by Gasteiger charge is -2.43. The van der Waals surface area contributed by atoms with E-state index in [2.05, 4.69) is 39.0 Å². The highest BCUT2D eigenvalue weighted by Crippen LogP contribution is 2.37. The number of nitro groups is 1. The van der Waals surface area contributed by atoms with Crippen LogP contribution in [0, 0.1) is 22.9 Å². The summed E-state index contributed by atoms with van der Waals surface area (Å²) in [5, 5.41) is 18.7. The minimum Gasteiger partial charge on any atom is -0.491 e. The minimum absolute atomic E-state index is 0.0240. The van der Waals surface area contributed by atoms with Gasteiger partial charge < -0.3 is 14.5 Å². The van der Waals surface area contributed by atoms with Crippen LogP contribution in [-0.2, 0) is 20.3 Å². The number of piperazine rings is 1. The number of hydrogen-bond acceptors (Lipinski definition) is 12. The smallest absolute Gasteiger partial charge is 0.305 e. The summed E-state index contributed by atoms with van der Waals surface area (Å²) in [6.07, 6.45) is 1.72. The molecule has 0 radical (unpaired) electrons. The van der Waals surface area contributed by atoms with Crippen molar-refractivity contribution in [1.29, 1.82) is 0 Å². The van der Waals surface area contributed by atoms with Gasteiger partial charge in [-0.25, -0.2) is 8.42 Å². The third-order valence-electron chi connectivity index (χ3n) is 7.71. The summed E-state index contributed by atoms with van der Waals surface area (Å²) < 4.78 is 46.7. The van der Waals surface area contributed by atoms with E-state index in [4.69, 9.17) is 9.73 Å². The Morgan fingerprint density at radius 2 is 1.87 bits per heavy atom. The number of ether oxygens (including phenoxy) is 1. The maximum Gasteiger partial charge on any atom is 0.305 e. The molecule has 3 aromatic rings. The molecule has 5 rings (SSSR count). The highest BCUT2D eigenvalue weighted by atomic mass is 32.2. The molecule has 2 aliphatic rings. The lowest BCUT2D eigenvalue weighted by Crippen LogP contribution is -2.52.